The number of rotatable bonds is 17. The SMILES string of the molecule is COC1CC(OC2C(C)OC(OC3C(C)OC(OC4C(N(C)C)C(O)C5Oc6c(ccc7c6C(=O)c6c(O)c8c(c(O)c6C7=O)C(OC6CC(N(C)C)C(O)C(C)O6)CC(C)(O)C8)C4(C)O5)CC3(C)N([O-])O)CC2(C)N([O-])O)OC(C)C1OC(=O)CCC(=O)O. The second-order valence-electron chi connectivity index (χ2n) is 26.6. The van der Waals surface area contributed by atoms with Gasteiger partial charge in [-0.15, -0.1) is 0 Å². The van der Waals surface area contributed by atoms with Crippen molar-refractivity contribution in [3.05, 3.63) is 61.5 Å². The van der Waals surface area contributed by atoms with Crippen LogP contribution < -0.4 is 4.74 Å². The summed E-state index contributed by atoms with van der Waals surface area (Å²) in [6.07, 6.45) is -21.1. The predicted octanol–water partition coefficient (Wildman–Crippen LogP) is 2.56. The van der Waals surface area contributed by atoms with Gasteiger partial charge in [0, 0.05) is 73.9 Å². The summed E-state index contributed by atoms with van der Waals surface area (Å²) in [4.78, 5) is 57.2. The Kier molecular flexibility index (Phi) is 19.1. The summed E-state index contributed by atoms with van der Waals surface area (Å²) in [5.41, 5.74) is -8.55. The van der Waals surface area contributed by atoms with Gasteiger partial charge in [-0.1, -0.05) is 6.07 Å². The molecular weight excluding hydrogens is 1190 g/mol. The molecule has 30 heteroatoms. The number of phenols is 2. The highest BCUT2D eigenvalue weighted by atomic mass is 16.8. The Balaban J connectivity index is 0.893. The van der Waals surface area contributed by atoms with Gasteiger partial charge in [0.25, 0.3) is 0 Å². The first-order valence-electron chi connectivity index (χ1n) is 30.2. The second-order valence-corrected chi connectivity index (χ2v) is 26.6. The fourth-order valence-electron chi connectivity index (χ4n) is 14.8. The molecule has 10 rings (SSSR count). The number of esters is 1. The molecule has 6 heterocycles. The summed E-state index contributed by atoms with van der Waals surface area (Å²) in [6, 6.07) is 1.44. The highest BCUT2D eigenvalue weighted by Gasteiger charge is 2.62. The number of hydrogen-bond acceptors (Lipinski definition) is 29. The molecule has 2 aliphatic carbocycles. The zero-order valence-corrected chi connectivity index (χ0v) is 52.5. The minimum atomic E-state index is -1.94. The van der Waals surface area contributed by atoms with Crippen molar-refractivity contribution in [2.75, 3.05) is 35.3 Å². The molecule has 5 saturated heterocycles. The van der Waals surface area contributed by atoms with Gasteiger partial charge in [0.15, 0.2) is 37.0 Å². The quantitative estimate of drug-likeness (QED) is 0.0547. The van der Waals surface area contributed by atoms with E-state index in [2.05, 4.69) is 0 Å². The van der Waals surface area contributed by atoms with Gasteiger partial charge in [-0.05, 0) is 89.6 Å². The van der Waals surface area contributed by atoms with Crippen LogP contribution in [0.25, 0.3) is 0 Å². The molecule has 90 heavy (non-hydrogen) atoms. The van der Waals surface area contributed by atoms with Crippen molar-refractivity contribution >= 4 is 23.5 Å². The number of hydrogen-bond donors (Lipinski definition) is 8. The zero-order chi connectivity index (χ0) is 65.9. The van der Waals surface area contributed by atoms with Crippen molar-refractivity contribution in [3.63, 3.8) is 0 Å². The molecule has 2 aromatic carbocycles. The molecule has 0 amide bonds. The van der Waals surface area contributed by atoms with Gasteiger partial charge in [0.1, 0.15) is 53.4 Å². The number of phenolic OH excluding ortho intramolecular Hbond substituents is 2. The monoisotopic (exact) mass is 1280 g/mol. The van der Waals surface area contributed by atoms with Gasteiger partial charge in [-0.2, -0.15) is 0 Å². The molecule has 8 N–H and O–H groups in total. The molecule has 2 aromatic rings. The van der Waals surface area contributed by atoms with E-state index in [0.717, 1.165) is 0 Å². The minimum absolute atomic E-state index is 0.0134. The van der Waals surface area contributed by atoms with Crippen LogP contribution in [0.3, 0.4) is 0 Å². The number of carbonyl (C=O) groups is 4. The lowest BCUT2D eigenvalue weighted by molar-refractivity contribution is -0.378. The third kappa shape index (κ3) is 12.1. The number of aliphatic carboxylic acids is 1. The van der Waals surface area contributed by atoms with Gasteiger partial charge in [0.05, 0.1) is 88.9 Å². The Morgan fingerprint density at radius 3 is 1.81 bits per heavy atom. The molecule has 2 bridgehead atoms. The molecule has 5 fully saturated rings. The van der Waals surface area contributed by atoms with Crippen molar-refractivity contribution < 1.29 is 117 Å². The standard InChI is InChI=1S/C60H84N4O26/c1-24-45(68)31(61(9)10)18-36(80-24)84-33-21-57(5,74)20-29-40(33)48(71)42-43(47(29)70)49(72)41-28(46(42)69)14-15-30-52(41)89-56-50(73)44(62(11)12)55(60(30,8)90-56)88-39-23-59(7,64(77)78)54(27(4)83-39)87-38-22-58(6,63(75)76)53(26(3)82-38)86-37-19-32(79-13)51(25(2)81-37)85-35(67)17-16-34(65)66/h14-15,24-27,31-33,36-39,44-45,50-51,53-56,68,70-71,73-75,77H,16-23H2,1-13H3,(H,65,66)/q-2. The summed E-state index contributed by atoms with van der Waals surface area (Å²) in [6.45, 7) is 12.3. The van der Waals surface area contributed by atoms with Gasteiger partial charge >= 0.3 is 11.9 Å². The van der Waals surface area contributed by atoms with Crippen molar-refractivity contribution in [1.29, 1.82) is 0 Å². The van der Waals surface area contributed by atoms with E-state index in [4.69, 9.17) is 61.9 Å². The van der Waals surface area contributed by atoms with E-state index in [1.165, 1.54) is 46.9 Å². The van der Waals surface area contributed by atoms with E-state index >= 15 is 4.79 Å². The number of carboxylic acids is 1. The summed E-state index contributed by atoms with van der Waals surface area (Å²) < 4.78 is 75.1. The number of carboxylic acid groups (broad SMARTS) is 1. The first kappa shape index (κ1) is 68.1. The van der Waals surface area contributed by atoms with Crippen LogP contribution in [0.5, 0.6) is 17.2 Å². The van der Waals surface area contributed by atoms with Crippen molar-refractivity contribution in [3.8, 4) is 17.2 Å². The number of ether oxygens (including phenoxy) is 12. The van der Waals surface area contributed by atoms with Crippen LogP contribution in [-0.4, -0.2) is 247 Å². The van der Waals surface area contributed by atoms with E-state index in [-0.39, 0.29) is 82.2 Å². The van der Waals surface area contributed by atoms with Crippen LogP contribution in [0.4, 0.5) is 0 Å². The lowest BCUT2D eigenvalue weighted by Gasteiger charge is -2.58. The first-order valence-corrected chi connectivity index (χ1v) is 30.2. The highest BCUT2D eigenvalue weighted by Crippen LogP contribution is 2.56. The Morgan fingerprint density at radius 1 is 0.689 bits per heavy atom. The Bertz CT molecular complexity index is 3060. The van der Waals surface area contributed by atoms with Crippen molar-refractivity contribution in [2.45, 2.75) is 246 Å². The number of nitrogens with zero attached hydrogens (tertiary/aromatic N) is 4. The number of benzene rings is 2. The molecule has 30 nitrogen and oxygen atoms in total. The lowest BCUT2D eigenvalue weighted by atomic mass is 9.72. The van der Waals surface area contributed by atoms with Crippen LogP contribution in [0.2, 0.25) is 0 Å². The number of aliphatic hydroxyl groups excluding tert-OH is 2. The van der Waals surface area contributed by atoms with Crippen molar-refractivity contribution in [1.82, 2.24) is 20.3 Å². The average Bonchev–Trinajstić information content (AvgIpc) is 0.700. The second kappa shape index (κ2) is 25.2. The lowest BCUT2D eigenvalue weighted by Crippen LogP contribution is -2.71. The normalized spacial score (nSPS) is 40.9. The molecule has 23 atom stereocenters. The zero-order valence-electron chi connectivity index (χ0n) is 52.5. The number of fused-ring (bicyclic) bond motifs is 8. The maximum absolute atomic E-state index is 15.3. The number of methoxy groups -OCH3 is 1. The summed E-state index contributed by atoms with van der Waals surface area (Å²) in [5, 5.41) is 116. The third-order valence-corrected chi connectivity index (χ3v) is 19.5. The smallest absolute Gasteiger partial charge is 0.306 e. The van der Waals surface area contributed by atoms with Crippen LogP contribution >= 0.6 is 0 Å². The molecule has 0 spiro atoms. The van der Waals surface area contributed by atoms with E-state index in [1.54, 1.807) is 60.8 Å². The summed E-state index contributed by atoms with van der Waals surface area (Å²) >= 11 is 0. The summed E-state index contributed by atoms with van der Waals surface area (Å²) in [5.74, 6) is -5.28. The number of likely N-dealkylation sites (N-methyl/N-ethyl adjacent to an activating group) is 2. The van der Waals surface area contributed by atoms with Crippen LogP contribution in [-0.2, 0) is 73.7 Å². The van der Waals surface area contributed by atoms with Gasteiger partial charge in [0.2, 0.25) is 12.1 Å². The number of aromatic hydroxyl groups is 2. The summed E-state index contributed by atoms with van der Waals surface area (Å²) in [7, 11) is 8.30. The number of aliphatic hydroxyl groups is 3. The fraction of sp³-hybridized carbons (Fsp3) is 0.733. The highest BCUT2D eigenvalue weighted by molar-refractivity contribution is 6.31. The van der Waals surface area contributed by atoms with Gasteiger partial charge in [-0.3, -0.25) is 29.6 Å². The third-order valence-electron chi connectivity index (χ3n) is 19.5. The van der Waals surface area contributed by atoms with E-state index < -0.39 is 198 Å². The van der Waals surface area contributed by atoms with Gasteiger partial charge in [-0.25, -0.2) is 0 Å². The largest absolute Gasteiger partial charge is 0.762 e. The fourth-order valence-corrected chi connectivity index (χ4v) is 14.8. The molecule has 0 saturated carbocycles. The molecule has 8 aliphatic rings. The van der Waals surface area contributed by atoms with Crippen LogP contribution in [0.15, 0.2) is 12.1 Å². The van der Waals surface area contributed by atoms with Crippen LogP contribution in [0.1, 0.15) is 155 Å². The number of hydroxylamine groups is 4. The molecule has 6 aliphatic heterocycles. The molecule has 502 valence electrons. The Hall–Kier alpha value is -4.72. The van der Waals surface area contributed by atoms with Crippen molar-refractivity contribution in [2.24, 2.45) is 0 Å². The van der Waals surface area contributed by atoms with E-state index in [1.807, 2.05) is 4.90 Å². The van der Waals surface area contributed by atoms with Crippen LogP contribution in [0, 0.1) is 10.4 Å². The average molecular weight is 1280 g/mol. The van der Waals surface area contributed by atoms with E-state index in [9.17, 15) is 60.7 Å². The first-order chi connectivity index (χ1) is 42.0. The molecular formula is C60H84N4O26-2. The Labute approximate surface area is 519 Å². The predicted molar refractivity (Wildman–Crippen MR) is 304 cm³/mol. The maximum Gasteiger partial charge on any atom is 0.306 e. The molecule has 23 unspecified atom stereocenters. The topological polar surface area (TPSA) is 400 Å². The minimum Gasteiger partial charge on any atom is -0.762 e. The number of ketones is 2. The maximum atomic E-state index is 15.3. The van der Waals surface area contributed by atoms with Gasteiger partial charge < -0.3 is 118 Å². The Morgan fingerprint density at radius 2 is 1.24 bits per heavy atom. The molecule has 0 radical (unpaired) electrons. The number of carbonyl (C=O) groups excluding carboxylic acids is 3. The van der Waals surface area contributed by atoms with E-state index in [0.29, 0.717) is 0 Å². The molecule has 0 aromatic heterocycles.